The molecule has 1 saturated carbocycles. The highest BCUT2D eigenvalue weighted by atomic mass is 19.4. The second-order valence-corrected chi connectivity index (χ2v) is 4.99. The van der Waals surface area contributed by atoms with E-state index < -0.39 is 17.6 Å². The van der Waals surface area contributed by atoms with Crippen LogP contribution in [0.5, 0.6) is 0 Å². The van der Waals surface area contributed by atoms with Gasteiger partial charge in [0, 0.05) is 6.04 Å². The summed E-state index contributed by atoms with van der Waals surface area (Å²) in [6, 6.07) is 2.68. The molecule has 0 amide bonds. The minimum atomic E-state index is -4.68. The fourth-order valence-electron chi connectivity index (χ4n) is 2.34. The van der Waals surface area contributed by atoms with Crippen LogP contribution in [0.25, 0.3) is 0 Å². The van der Waals surface area contributed by atoms with Crippen LogP contribution in [-0.4, -0.2) is 0 Å². The van der Waals surface area contributed by atoms with E-state index in [-0.39, 0.29) is 6.04 Å². The Balaban J connectivity index is 2.22. The fourth-order valence-corrected chi connectivity index (χ4v) is 2.34. The van der Waals surface area contributed by atoms with Crippen molar-refractivity contribution in [1.29, 1.82) is 0 Å². The first-order chi connectivity index (χ1) is 8.91. The Morgan fingerprint density at radius 3 is 2.47 bits per heavy atom. The number of nitrogens with one attached hydrogen (secondary N) is 1. The molecule has 2 rings (SSSR count). The Kier molecular flexibility index (Phi) is 4.10. The van der Waals surface area contributed by atoms with E-state index in [9.17, 15) is 17.6 Å². The van der Waals surface area contributed by atoms with Gasteiger partial charge in [-0.1, -0.05) is 25.3 Å². The lowest BCUT2D eigenvalue weighted by atomic mass is 9.79. The van der Waals surface area contributed by atoms with Gasteiger partial charge >= 0.3 is 6.18 Å². The normalized spacial score (nSPS) is 18.2. The summed E-state index contributed by atoms with van der Waals surface area (Å²) in [4.78, 5) is 0. The number of hydrogen-bond acceptors (Lipinski definition) is 2. The van der Waals surface area contributed by atoms with Crippen molar-refractivity contribution in [2.45, 2.75) is 37.9 Å². The summed E-state index contributed by atoms with van der Waals surface area (Å²) >= 11 is 0. The van der Waals surface area contributed by atoms with Gasteiger partial charge in [-0.05, 0) is 30.0 Å². The number of nitrogens with two attached hydrogens (primary N) is 1. The molecule has 0 radical (unpaired) electrons. The minimum absolute atomic E-state index is 0.369. The molecule has 1 fully saturated rings. The molecule has 0 heterocycles. The fraction of sp³-hybridized carbons (Fsp3) is 0.538. The van der Waals surface area contributed by atoms with Gasteiger partial charge in [-0.15, -0.1) is 0 Å². The lowest BCUT2D eigenvalue weighted by molar-refractivity contribution is -0.140. The lowest BCUT2D eigenvalue weighted by Gasteiger charge is -2.29. The predicted octanol–water partition coefficient (Wildman–Crippen LogP) is 3.54. The zero-order valence-electron chi connectivity index (χ0n) is 10.3. The van der Waals surface area contributed by atoms with Crippen molar-refractivity contribution in [3.63, 3.8) is 0 Å². The molecule has 0 saturated heterocycles. The number of benzene rings is 1. The summed E-state index contributed by atoms with van der Waals surface area (Å²) < 4.78 is 51.1. The molecule has 1 aromatic rings. The molecule has 0 spiro atoms. The molecule has 1 aromatic carbocycles. The van der Waals surface area contributed by atoms with Crippen molar-refractivity contribution in [2.75, 3.05) is 0 Å². The van der Waals surface area contributed by atoms with Gasteiger partial charge in [0.2, 0.25) is 0 Å². The second-order valence-electron chi connectivity index (χ2n) is 4.99. The average molecular weight is 276 g/mol. The largest absolute Gasteiger partial charge is 0.419 e. The van der Waals surface area contributed by atoms with Crippen LogP contribution in [0.15, 0.2) is 18.2 Å². The van der Waals surface area contributed by atoms with E-state index in [1.54, 1.807) is 0 Å². The Labute approximate surface area is 109 Å². The van der Waals surface area contributed by atoms with E-state index in [2.05, 4.69) is 5.43 Å². The van der Waals surface area contributed by atoms with Crippen LogP contribution in [0.3, 0.4) is 0 Å². The maximum absolute atomic E-state index is 13.2. The zero-order valence-corrected chi connectivity index (χ0v) is 10.3. The minimum Gasteiger partial charge on any atom is -0.271 e. The van der Waals surface area contributed by atoms with Crippen molar-refractivity contribution >= 4 is 0 Å². The third-order valence-corrected chi connectivity index (χ3v) is 3.69. The quantitative estimate of drug-likeness (QED) is 0.501. The second kappa shape index (κ2) is 5.46. The Bertz CT molecular complexity index is 441. The zero-order chi connectivity index (χ0) is 14.0. The first-order valence-electron chi connectivity index (χ1n) is 6.24. The van der Waals surface area contributed by atoms with Crippen molar-refractivity contribution in [1.82, 2.24) is 5.43 Å². The first-order valence-corrected chi connectivity index (χ1v) is 6.24. The van der Waals surface area contributed by atoms with E-state index in [1.165, 1.54) is 6.07 Å². The summed E-state index contributed by atoms with van der Waals surface area (Å²) in [6.07, 6.45) is -0.703. The third-order valence-electron chi connectivity index (χ3n) is 3.69. The van der Waals surface area contributed by atoms with E-state index in [0.29, 0.717) is 17.9 Å². The van der Waals surface area contributed by atoms with Crippen molar-refractivity contribution in [2.24, 2.45) is 11.8 Å². The number of alkyl halides is 3. The molecule has 106 valence electrons. The van der Waals surface area contributed by atoms with Crippen LogP contribution in [0.2, 0.25) is 0 Å². The molecule has 6 heteroatoms. The maximum atomic E-state index is 13.2. The predicted molar refractivity (Wildman–Crippen MR) is 63.4 cm³/mol. The third kappa shape index (κ3) is 3.25. The molecule has 2 nitrogen and oxygen atoms in total. The van der Waals surface area contributed by atoms with Gasteiger partial charge in [-0.25, -0.2) is 4.39 Å². The molecule has 0 aliphatic heterocycles. The molecule has 3 N–H and O–H groups in total. The SMILES string of the molecule is NNC(CC1CCC1)c1ccc(F)c(C(F)(F)F)c1. The highest BCUT2D eigenvalue weighted by Gasteiger charge is 2.35. The Hall–Kier alpha value is -1.14. The van der Waals surface area contributed by atoms with Gasteiger partial charge in [0.15, 0.2) is 0 Å². The van der Waals surface area contributed by atoms with E-state index in [0.717, 1.165) is 31.4 Å². The summed E-state index contributed by atoms with van der Waals surface area (Å²) in [7, 11) is 0. The van der Waals surface area contributed by atoms with Gasteiger partial charge in [0.05, 0.1) is 5.56 Å². The maximum Gasteiger partial charge on any atom is 0.419 e. The van der Waals surface area contributed by atoms with Gasteiger partial charge < -0.3 is 0 Å². The molecule has 1 atom stereocenters. The molecule has 19 heavy (non-hydrogen) atoms. The molecule has 1 aliphatic carbocycles. The molecular formula is C13H16F4N2. The lowest BCUT2D eigenvalue weighted by Crippen LogP contribution is -2.31. The number of hydrazine groups is 1. The van der Waals surface area contributed by atoms with Crippen LogP contribution in [0.4, 0.5) is 17.6 Å². The Morgan fingerprint density at radius 1 is 1.32 bits per heavy atom. The molecule has 0 aromatic heterocycles. The van der Waals surface area contributed by atoms with Crippen LogP contribution < -0.4 is 11.3 Å². The number of hydrogen-bond donors (Lipinski definition) is 2. The van der Waals surface area contributed by atoms with Gasteiger partial charge in [0.25, 0.3) is 0 Å². The van der Waals surface area contributed by atoms with Crippen molar-refractivity contribution in [3.05, 3.63) is 35.1 Å². The summed E-state index contributed by atoms with van der Waals surface area (Å²) in [6.45, 7) is 0. The molecule has 0 bridgehead atoms. The topological polar surface area (TPSA) is 38.0 Å². The van der Waals surface area contributed by atoms with Crippen LogP contribution in [-0.2, 0) is 6.18 Å². The monoisotopic (exact) mass is 276 g/mol. The van der Waals surface area contributed by atoms with E-state index >= 15 is 0 Å². The standard InChI is InChI=1S/C13H16F4N2/c14-11-5-4-9(7-10(11)13(15,16)17)12(19-18)6-8-2-1-3-8/h4-5,7-8,12,19H,1-3,6,18H2. The summed E-state index contributed by atoms with van der Waals surface area (Å²) in [5.41, 5.74) is 1.67. The molecule has 1 unspecified atom stereocenters. The molecule has 1 aliphatic rings. The van der Waals surface area contributed by atoms with Crippen LogP contribution >= 0.6 is 0 Å². The van der Waals surface area contributed by atoms with Crippen LogP contribution in [0.1, 0.15) is 42.9 Å². The van der Waals surface area contributed by atoms with E-state index in [4.69, 9.17) is 5.84 Å². The Morgan fingerprint density at radius 2 is 2.00 bits per heavy atom. The highest BCUT2D eigenvalue weighted by Crippen LogP contribution is 2.37. The highest BCUT2D eigenvalue weighted by molar-refractivity contribution is 5.29. The average Bonchev–Trinajstić information content (AvgIpc) is 2.28. The smallest absolute Gasteiger partial charge is 0.271 e. The van der Waals surface area contributed by atoms with Crippen molar-refractivity contribution < 1.29 is 17.6 Å². The van der Waals surface area contributed by atoms with Gasteiger partial charge in [-0.3, -0.25) is 11.3 Å². The van der Waals surface area contributed by atoms with Gasteiger partial charge in [0.1, 0.15) is 5.82 Å². The summed E-state index contributed by atoms with van der Waals surface area (Å²) in [5, 5.41) is 0. The first kappa shape index (κ1) is 14.3. The van der Waals surface area contributed by atoms with Crippen LogP contribution in [0, 0.1) is 11.7 Å². The molecular weight excluding hydrogens is 260 g/mol. The van der Waals surface area contributed by atoms with Crippen molar-refractivity contribution in [3.8, 4) is 0 Å². The van der Waals surface area contributed by atoms with Gasteiger partial charge in [-0.2, -0.15) is 13.2 Å². The summed E-state index contributed by atoms with van der Waals surface area (Å²) in [5.74, 6) is 4.64. The number of rotatable bonds is 4. The number of halogens is 4. The van der Waals surface area contributed by atoms with E-state index in [1.807, 2.05) is 0 Å².